The van der Waals surface area contributed by atoms with Crippen molar-refractivity contribution in [2.24, 2.45) is 0 Å². The fourth-order valence-electron chi connectivity index (χ4n) is 2.52. The highest BCUT2D eigenvalue weighted by Crippen LogP contribution is 2.29. The Morgan fingerprint density at radius 3 is 2.46 bits per heavy atom. The summed E-state index contributed by atoms with van der Waals surface area (Å²) in [6, 6.07) is 4.64. The predicted octanol–water partition coefficient (Wildman–Crippen LogP) is 2.83. The topological polar surface area (TPSA) is 49.3 Å². The molecule has 0 aliphatic carbocycles. The number of aryl methyl sites for hydroxylation is 1. The molecule has 1 fully saturated rings. The summed E-state index contributed by atoms with van der Waals surface area (Å²) in [4.78, 5) is 24.8. The zero-order chi connectivity index (χ0) is 17.3. The van der Waals surface area contributed by atoms with E-state index in [1.54, 1.807) is 15.9 Å². The Labute approximate surface area is 140 Å². The molecule has 1 amide bonds. The smallest absolute Gasteiger partial charge is 0.353 e. The number of aromatic nitrogens is 2. The molecule has 5 nitrogen and oxygen atoms in total. The SMILES string of the molecule is Cc1ccc(C(=O)N2CCN(c3cc(C(F)(F)F)ncn3)CC2)s1. The fraction of sp³-hybridized carbons (Fsp3) is 0.400. The number of thiophene rings is 1. The molecule has 0 bridgehead atoms. The molecule has 2 aromatic heterocycles. The van der Waals surface area contributed by atoms with E-state index in [2.05, 4.69) is 9.97 Å². The van der Waals surface area contributed by atoms with Crippen LogP contribution in [0.5, 0.6) is 0 Å². The standard InChI is InChI=1S/C15H15F3N4OS/c1-10-2-3-11(24-10)14(23)22-6-4-21(5-7-22)13-8-12(15(16,17)18)19-9-20-13/h2-3,8-9H,4-7H2,1H3. The molecule has 0 saturated carbocycles. The lowest BCUT2D eigenvalue weighted by Gasteiger charge is -2.35. The van der Waals surface area contributed by atoms with Crippen LogP contribution in [0.4, 0.5) is 19.0 Å². The third-order valence-corrected chi connectivity index (χ3v) is 4.77. The summed E-state index contributed by atoms with van der Waals surface area (Å²) in [6.07, 6.45) is -3.57. The van der Waals surface area contributed by atoms with Crippen molar-refractivity contribution in [2.45, 2.75) is 13.1 Å². The lowest BCUT2D eigenvalue weighted by Crippen LogP contribution is -2.49. The fourth-order valence-corrected chi connectivity index (χ4v) is 3.35. The number of anilines is 1. The maximum absolute atomic E-state index is 12.7. The second-order valence-electron chi connectivity index (χ2n) is 5.45. The van der Waals surface area contributed by atoms with Gasteiger partial charge in [-0.25, -0.2) is 9.97 Å². The number of nitrogens with zero attached hydrogens (tertiary/aromatic N) is 4. The van der Waals surface area contributed by atoms with Gasteiger partial charge in [-0.1, -0.05) is 0 Å². The maximum atomic E-state index is 12.7. The monoisotopic (exact) mass is 356 g/mol. The van der Waals surface area contributed by atoms with Gasteiger partial charge < -0.3 is 9.80 Å². The molecule has 1 aliphatic rings. The average Bonchev–Trinajstić information content (AvgIpc) is 3.00. The minimum absolute atomic E-state index is 0.0357. The second kappa shape index (κ2) is 6.39. The molecule has 1 saturated heterocycles. The van der Waals surface area contributed by atoms with Crippen LogP contribution in [-0.2, 0) is 6.18 Å². The van der Waals surface area contributed by atoms with Gasteiger partial charge in [0.2, 0.25) is 0 Å². The number of amides is 1. The van der Waals surface area contributed by atoms with E-state index in [1.165, 1.54) is 11.3 Å². The van der Waals surface area contributed by atoms with Gasteiger partial charge in [0.15, 0.2) is 0 Å². The van der Waals surface area contributed by atoms with Crippen molar-refractivity contribution in [1.82, 2.24) is 14.9 Å². The summed E-state index contributed by atoms with van der Waals surface area (Å²) in [5.74, 6) is 0.197. The largest absolute Gasteiger partial charge is 0.433 e. The van der Waals surface area contributed by atoms with Crippen LogP contribution in [0.15, 0.2) is 24.5 Å². The Morgan fingerprint density at radius 1 is 1.17 bits per heavy atom. The molecule has 3 heterocycles. The van der Waals surface area contributed by atoms with E-state index in [0.29, 0.717) is 31.1 Å². The van der Waals surface area contributed by atoms with Crippen LogP contribution in [-0.4, -0.2) is 47.0 Å². The van der Waals surface area contributed by atoms with E-state index in [0.717, 1.165) is 17.3 Å². The van der Waals surface area contributed by atoms with Gasteiger partial charge in [0.1, 0.15) is 17.8 Å². The Kier molecular flexibility index (Phi) is 4.44. The third-order valence-electron chi connectivity index (χ3n) is 3.79. The zero-order valence-electron chi connectivity index (χ0n) is 12.9. The molecule has 0 radical (unpaired) electrons. The van der Waals surface area contributed by atoms with Crippen molar-refractivity contribution >= 4 is 23.1 Å². The van der Waals surface area contributed by atoms with Crippen LogP contribution in [0.1, 0.15) is 20.2 Å². The number of halogens is 3. The van der Waals surface area contributed by atoms with Crippen molar-refractivity contribution in [2.75, 3.05) is 31.1 Å². The first-order chi connectivity index (χ1) is 11.3. The summed E-state index contributed by atoms with van der Waals surface area (Å²) in [5, 5.41) is 0. The van der Waals surface area contributed by atoms with Crippen LogP contribution in [0, 0.1) is 6.92 Å². The molecule has 0 spiro atoms. The number of rotatable bonds is 2. The summed E-state index contributed by atoms with van der Waals surface area (Å²) < 4.78 is 38.2. The number of piperazine rings is 1. The lowest BCUT2D eigenvalue weighted by atomic mass is 10.2. The van der Waals surface area contributed by atoms with E-state index in [9.17, 15) is 18.0 Å². The third kappa shape index (κ3) is 3.50. The molecule has 1 aliphatic heterocycles. The van der Waals surface area contributed by atoms with E-state index < -0.39 is 11.9 Å². The van der Waals surface area contributed by atoms with E-state index in [4.69, 9.17) is 0 Å². The highest BCUT2D eigenvalue weighted by atomic mass is 32.1. The zero-order valence-corrected chi connectivity index (χ0v) is 13.7. The summed E-state index contributed by atoms with van der Waals surface area (Å²) in [7, 11) is 0. The molecule has 9 heteroatoms. The van der Waals surface area contributed by atoms with Crippen molar-refractivity contribution in [1.29, 1.82) is 0 Å². The van der Waals surface area contributed by atoms with Crippen LogP contribution in [0.25, 0.3) is 0 Å². The van der Waals surface area contributed by atoms with E-state index >= 15 is 0 Å². The minimum atomic E-state index is -4.49. The highest BCUT2D eigenvalue weighted by Gasteiger charge is 2.33. The lowest BCUT2D eigenvalue weighted by molar-refractivity contribution is -0.141. The van der Waals surface area contributed by atoms with Crippen molar-refractivity contribution < 1.29 is 18.0 Å². The Morgan fingerprint density at radius 2 is 1.88 bits per heavy atom. The van der Waals surface area contributed by atoms with Gasteiger partial charge in [-0.15, -0.1) is 11.3 Å². The molecule has 2 aromatic rings. The first kappa shape index (κ1) is 16.7. The first-order valence-electron chi connectivity index (χ1n) is 7.34. The number of hydrogen-bond donors (Lipinski definition) is 0. The van der Waals surface area contributed by atoms with Crippen molar-refractivity contribution in [3.63, 3.8) is 0 Å². The van der Waals surface area contributed by atoms with Crippen molar-refractivity contribution in [3.05, 3.63) is 40.0 Å². The van der Waals surface area contributed by atoms with Gasteiger partial charge in [0, 0.05) is 37.1 Å². The van der Waals surface area contributed by atoms with Crippen LogP contribution >= 0.6 is 11.3 Å². The molecule has 0 N–H and O–H groups in total. The average molecular weight is 356 g/mol. The molecule has 3 rings (SSSR count). The van der Waals surface area contributed by atoms with Gasteiger partial charge in [-0.2, -0.15) is 13.2 Å². The van der Waals surface area contributed by atoms with Crippen molar-refractivity contribution in [3.8, 4) is 0 Å². The van der Waals surface area contributed by atoms with Gasteiger partial charge in [0.05, 0.1) is 4.88 Å². The summed E-state index contributed by atoms with van der Waals surface area (Å²) >= 11 is 1.44. The van der Waals surface area contributed by atoms with E-state index in [-0.39, 0.29) is 11.7 Å². The Hall–Kier alpha value is -2.16. The molecule has 0 unspecified atom stereocenters. The second-order valence-corrected chi connectivity index (χ2v) is 6.74. The molecule has 0 atom stereocenters. The molecule has 24 heavy (non-hydrogen) atoms. The number of carbonyl (C=O) groups excluding carboxylic acids is 1. The predicted molar refractivity (Wildman–Crippen MR) is 84.2 cm³/mol. The summed E-state index contributed by atoms with van der Waals surface area (Å²) in [6.45, 7) is 3.70. The normalized spacial score (nSPS) is 15.7. The van der Waals surface area contributed by atoms with Gasteiger partial charge in [0.25, 0.3) is 5.91 Å². The van der Waals surface area contributed by atoms with Crippen LogP contribution in [0.2, 0.25) is 0 Å². The van der Waals surface area contributed by atoms with E-state index in [1.807, 2.05) is 13.0 Å². The number of alkyl halides is 3. The molecular weight excluding hydrogens is 341 g/mol. The highest BCUT2D eigenvalue weighted by molar-refractivity contribution is 7.13. The molecule has 128 valence electrons. The molecular formula is C15H15F3N4OS. The maximum Gasteiger partial charge on any atom is 0.433 e. The Balaban J connectivity index is 1.66. The number of hydrogen-bond acceptors (Lipinski definition) is 5. The molecule has 0 aromatic carbocycles. The van der Waals surface area contributed by atoms with Gasteiger partial charge in [-0.3, -0.25) is 4.79 Å². The Bertz CT molecular complexity index is 738. The quantitative estimate of drug-likeness (QED) is 0.830. The van der Waals surface area contributed by atoms with Gasteiger partial charge in [-0.05, 0) is 19.1 Å². The first-order valence-corrected chi connectivity index (χ1v) is 8.16. The summed E-state index contributed by atoms with van der Waals surface area (Å²) in [5.41, 5.74) is -0.958. The van der Waals surface area contributed by atoms with Crippen LogP contribution < -0.4 is 4.90 Å². The minimum Gasteiger partial charge on any atom is -0.353 e. The van der Waals surface area contributed by atoms with Gasteiger partial charge >= 0.3 is 6.18 Å². The number of carbonyl (C=O) groups is 1. The van der Waals surface area contributed by atoms with Crippen LogP contribution in [0.3, 0.4) is 0 Å².